The van der Waals surface area contributed by atoms with Gasteiger partial charge < -0.3 is 14.7 Å². The van der Waals surface area contributed by atoms with Crippen molar-refractivity contribution >= 4 is 15.9 Å². The van der Waals surface area contributed by atoms with Crippen LogP contribution >= 0.6 is 0 Å². The van der Waals surface area contributed by atoms with Gasteiger partial charge in [0.25, 0.3) is 5.91 Å². The van der Waals surface area contributed by atoms with Crippen LogP contribution in [0.4, 0.5) is 0 Å². The van der Waals surface area contributed by atoms with Crippen LogP contribution in [0.25, 0.3) is 0 Å². The Morgan fingerprint density at radius 3 is 2.65 bits per heavy atom. The maximum Gasteiger partial charge on any atom is 0.257 e. The predicted molar refractivity (Wildman–Crippen MR) is 99.7 cm³/mol. The molecule has 1 aromatic carbocycles. The van der Waals surface area contributed by atoms with Crippen LogP contribution in [0.15, 0.2) is 24.3 Å². The van der Waals surface area contributed by atoms with Gasteiger partial charge in [0.2, 0.25) is 10.0 Å². The number of aliphatic hydroxyl groups excluding tert-OH is 1. The highest BCUT2D eigenvalue weighted by Gasteiger charge is 2.38. The van der Waals surface area contributed by atoms with Crippen LogP contribution in [-0.2, 0) is 10.0 Å². The molecule has 1 N–H and O–H groups in total. The second kappa shape index (κ2) is 8.83. The van der Waals surface area contributed by atoms with E-state index in [0.717, 1.165) is 17.1 Å². The second-order valence-corrected chi connectivity index (χ2v) is 9.02. The zero-order valence-corrected chi connectivity index (χ0v) is 16.4. The van der Waals surface area contributed by atoms with E-state index in [1.165, 1.54) is 19.0 Å². The lowest BCUT2D eigenvalue weighted by Gasteiger charge is -2.19. The summed E-state index contributed by atoms with van der Waals surface area (Å²) < 4.78 is 31.0. The van der Waals surface area contributed by atoms with Gasteiger partial charge in [0.05, 0.1) is 24.0 Å². The zero-order chi connectivity index (χ0) is 19.3. The summed E-state index contributed by atoms with van der Waals surface area (Å²) >= 11 is 0. The molecule has 1 saturated heterocycles. The van der Waals surface area contributed by atoms with Gasteiger partial charge in [0.15, 0.2) is 0 Å². The Morgan fingerprint density at radius 1 is 1.31 bits per heavy atom. The van der Waals surface area contributed by atoms with Gasteiger partial charge >= 0.3 is 0 Å². The fourth-order valence-electron chi connectivity index (χ4n) is 2.87. The number of carbonyl (C=O) groups excluding carboxylic acids is 1. The summed E-state index contributed by atoms with van der Waals surface area (Å²) in [7, 11) is -0.517. The molecular formula is C18H28N2O5S. The molecule has 0 unspecified atom stereocenters. The van der Waals surface area contributed by atoms with Gasteiger partial charge in [-0.1, -0.05) is 25.5 Å². The van der Waals surface area contributed by atoms with E-state index < -0.39 is 22.0 Å². The zero-order valence-electron chi connectivity index (χ0n) is 15.6. The average Bonchev–Trinajstić information content (AvgIpc) is 2.95. The van der Waals surface area contributed by atoms with E-state index in [1.54, 1.807) is 18.2 Å². The summed E-state index contributed by atoms with van der Waals surface area (Å²) in [6.45, 7) is 2.92. The SMILES string of the molecule is CCCCOc1ccccc1C(=O)N1C[C@@H](CS(=O)(=O)N(C)C)[C@@H](O)C1. The molecule has 26 heavy (non-hydrogen) atoms. The minimum Gasteiger partial charge on any atom is -0.493 e. The summed E-state index contributed by atoms with van der Waals surface area (Å²) in [5.41, 5.74) is 0.437. The van der Waals surface area contributed by atoms with Crippen molar-refractivity contribution in [3.63, 3.8) is 0 Å². The first-order chi connectivity index (χ1) is 12.3. The van der Waals surface area contributed by atoms with Crippen LogP contribution in [0.3, 0.4) is 0 Å². The Hall–Kier alpha value is -1.64. The third-order valence-electron chi connectivity index (χ3n) is 4.55. The number of aliphatic hydroxyl groups is 1. The standard InChI is InChI=1S/C18H28N2O5S/c1-4-5-10-25-17-9-7-6-8-15(17)18(22)20-11-14(16(21)12-20)13-26(23,24)19(2)3/h6-9,14,16,21H,4-5,10-13H2,1-3H3/t14-,16-/m0/s1. The number of benzene rings is 1. The van der Waals surface area contributed by atoms with E-state index >= 15 is 0 Å². The fourth-order valence-corrected chi connectivity index (χ4v) is 4.04. The van der Waals surface area contributed by atoms with Crippen molar-refractivity contribution in [3.8, 4) is 5.75 Å². The number of ether oxygens (including phenoxy) is 1. The lowest BCUT2D eigenvalue weighted by molar-refractivity contribution is 0.0760. The number of carbonyl (C=O) groups is 1. The number of likely N-dealkylation sites (tertiary alicyclic amines) is 1. The number of hydrogen-bond acceptors (Lipinski definition) is 5. The quantitative estimate of drug-likeness (QED) is 0.681. The molecule has 0 aromatic heterocycles. The fraction of sp³-hybridized carbons (Fsp3) is 0.611. The van der Waals surface area contributed by atoms with Crippen LogP contribution in [0.5, 0.6) is 5.75 Å². The maximum atomic E-state index is 12.9. The summed E-state index contributed by atoms with van der Waals surface area (Å²) in [5, 5.41) is 10.2. The molecule has 1 aliphatic heterocycles. The van der Waals surface area contributed by atoms with Crippen LogP contribution < -0.4 is 4.74 Å². The monoisotopic (exact) mass is 384 g/mol. The number of hydrogen-bond donors (Lipinski definition) is 1. The molecule has 8 heteroatoms. The molecule has 0 aliphatic carbocycles. The molecule has 0 bridgehead atoms. The molecule has 1 heterocycles. The largest absolute Gasteiger partial charge is 0.493 e. The van der Waals surface area contributed by atoms with Gasteiger partial charge in [0.1, 0.15) is 5.75 Å². The number of sulfonamides is 1. The van der Waals surface area contributed by atoms with Gasteiger partial charge in [-0.15, -0.1) is 0 Å². The molecule has 0 spiro atoms. The molecule has 2 atom stereocenters. The number of para-hydroxylation sites is 1. The van der Waals surface area contributed by atoms with E-state index in [0.29, 0.717) is 17.9 Å². The van der Waals surface area contributed by atoms with E-state index in [2.05, 4.69) is 6.92 Å². The van der Waals surface area contributed by atoms with Crippen LogP contribution in [0.1, 0.15) is 30.1 Å². The van der Waals surface area contributed by atoms with Crippen molar-refractivity contribution in [2.24, 2.45) is 5.92 Å². The summed E-state index contributed by atoms with van der Waals surface area (Å²) in [4.78, 5) is 14.4. The van der Waals surface area contributed by atoms with Gasteiger partial charge in [-0.3, -0.25) is 4.79 Å². The summed E-state index contributed by atoms with van der Waals surface area (Å²) in [6, 6.07) is 7.02. The smallest absolute Gasteiger partial charge is 0.257 e. The lowest BCUT2D eigenvalue weighted by atomic mass is 10.1. The van der Waals surface area contributed by atoms with E-state index in [-0.39, 0.29) is 24.7 Å². The number of β-amino-alcohol motifs (C(OH)–C–C–N with tert-alkyl or cyclic N) is 1. The molecule has 1 amide bonds. The minimum absolute atomic E-state index is 0.121. The Bertz CT molecular complexity index is 720. The van der Waals surface area contributed by atoms with Gasteiger partial charge in [-0.05, 0) is 18.6 Å². The third-order valence-corrected chi connectivity index (χ3v) is 6.51. The van der Waals surface area contributed by atoms with Crippen LogP contribution in [0, 0.1) is 5.92 Å². The second-order valence-electron chi connectivity index (χ2n) is 6.80. The topological polar surface area (TPSA) is 87.2 Å². The Labute approximate surface area is 155 Å². The molecular weight excluding hydrogens is 356 g/mol. The maximum absolute atomic E-state index is 12.9. The van der Waals surface area contributed by atoms with E-state index in [9.17, 15) is 18.3 Å². The number of nitrogens with zero attached hydrogens (tertiary/aromatic N) is 2. The van der Waals surface area contributed by atoms with Crippen molar-refractivity contribution < 1.29 is 23.1 Å². The highest BCUT2D eigenvalue weighted by molar-refractivity contribution is 7.89. The van der Waals surface area contributed by atoms with Crippen molar-refractivity contribution in [2.75, 3.05) is 39.5 Å². The Kier molecular flexibility index (Phi) is 7.02. The van der Waals surface area contributed by atoms with Crippen molar-refractivity contribution in [2.45, 2.75) is 25.9 Å². The molecule has 1 aromatic rings. The lowest BCUT2D eigenvalue weighted by Crippen LogP contribution is -2.33. The predicted octanol–water partition coefficient (Wildman–Crippen LogP) is 1.19. The van der Waals surface area contributed by atoms with Gasteiger partial charge in [0, 0.05) is 33.1 Å². The average molecular weight is 384 g/mol. The van der Waals surface area contributed by atoms with E-state index in [4.69, 9.17) is 4.74 Å². The molecule has 0 saturated carbocycles. The molecule has 1 fully saturated rings. The molecule has 7 nitrogen and oxygen atoms in total. The molecule has 1 aliphatic rings. The summed E-state index contributed by atoms with van der Waals surface area (Å²) in [5.74, 6) is -0.412. The molecule has 146 valence electrons. The van der Waals surface area contributed by atoms with E-state index in [1.807, 2.05) is 6.07 Å². The van der Waals surface area contributed by atoms with Crippen molar-refractivity contribution in [1.82, 2.24) is 9.21 Å². The number of unbranched alkanes of at least 4 members (excludes halogenated alkanes) is 1. The number of amides is 1. The Morgan fingerprint density at radius 2 is 2.00 bits per heavy atom. The first-order valence-electron chi connectivity index (χ1n) is 8.85. The van der Waals surface area contributed by atoms with Crippen molar-refractivity contribution in [3.05, 3.63) is 29.8 Å². The summed E-state index contributed by atoms with van der Waals surface area (Å²) in [6.07, 6.45) is 1.04. The molecule has 0 radical (unpaired) electrons. The normalized spacial score (nSPS) is 20.6. The highest BCUT2D eigenvalue weighted by atomic mass is 32.2. The Balaban J connectivity index is 2.09. The first kappa shape index (κ1) is 20.7. The van der Waals surface area contributed by atoms with Gasteiger partial charge in [-0.2, -0.15) is 0 Å². The third kappa shape index (κ3) is 4.96. The van der Waals surface area contributed by atoms with Crippen molar-refractivity contribution in [1.29, 1.82) is 0 Å². The van der Waals surface area contributed by atoms with Gasteiger partial charge in [-0.25, -0.2) is 12.7 Å². The highest BCUT2D eigenvalue weighted by Crippen LogP contribution is 2.25. The number of rotatable bonds is 8. The first-order valence-corrected chi connectivity index (χ1v) is 10.5. The molecule has 2 rings (SSSR count). The van der Waals surface area contributed by atoms with Crippen LogP contribution in [0.2, 0.25) is 0 Å². The van der Waals surface area contributed by atoms with Crippen LogP contribution in [-0.4, -0.2) is 74.3 Å². The minimum atomic E-state index is -3.44.